The first kappa shape index (κ1) is 24.1. The van der Waals surface area contributed by atoms with Gasteiger partial charge >= 0.3 is 0 Å². The van der Waals surface area contributed by atoms with Gasteiger partial charge in [-0.1, -0.05) is 30.3 Å². The largest absolute Gasteiger partial charge is 0.508 e. The van der Waals surface area contributed by atoms with E-state index in [9.17, 15) is 19.8 Å². The zero-order valence-electron chi connectivity index (χ0n) is 19.7. The van der Waals surface area contributed by atoms with Gasteiger partial charge in [-0.25, -0.2) is 0 Å². The summed E-state index contributed by atoms with van der Waals surface area (Å²) in [6.07, 6.45) is 0. The third kappa shape index (κ3) is 5.47. The SMILES string of the molecule is O=C(COc1ccc(C(=O)c2c(-c3ccc(O)cc3)sc3cc(O)ccc23)cc1)NCc1ccccc1. The van der Waals surface area contributed by atoms with Crippen LogP contribution in [0, 0.1) is 0 Å². The number of amides is 1. The van der Waals surface area contributed by atoms with E-state index in [0.717, 1.165) is 26.1 Å². The van der Waals surface area contributed by atoms with Gasteiger partial charge in [-0.15, -0.1) is 11.3 Å². The van der Waals surface area contributed by atoms with Crippen molar-refractivity contribution in [1.82, 2.24) is 5.32 Å². The Morgan fingerprint density at radius 3 is 2.24 bits per heavy atom. The summed E-state index contributed by atoms with van der Waals surface area (Å²) in [6.45, 7) is 0.288. The van der Waals surface area contributed by atoms with Crippen LogP contribution in [0.5, 0.6) is 17.2 Å². The average Bonchev–Trinajstić information content (AvgIpc) is 3.30. The summed E-state index contributed by atoms with van der Waals surface area (Å²) >= 11 is 1.41. The van der Waals surface area contributed by atoms with Crippen molar-refractivity contribution in [2.45, 2.75) is 6.54 Å². The third-order valence-corrected chi connectivity index (χ3v) is 7.05. The van der Waals surface area contributed by atoms with Crippen molar-refractivity contribution >= 4 is 33.1 Å². The van der Waals surface area contributed by atoms with Crippen molar-refractivity contribution in [2.75, 3.05) is 6.61 Å². The van der Waals surface area contributed by atoms with Crippen molar-refractivity contribution < 1.29 is 24.5 Å². The van der Waals surface area contributed by atoms with Crippen LogP contribution in [-0.2, 0) is 11.3 Å². The molecular formula is C30H23NO5S. The monoisotopic (exact) mass is 509 g/mol. The van der Waals surface area contributed by atoms with Crippen LogP contribution in [-0.4, -0.2) is 28.5 Å². The molecule has 0 spiro atoms. The number of aromatic hydroxyl groups is 2. The fourth-order valence-corrected chi connectivity index (χ4v) is 5.21. The van der Waals surface area contributed by atoms with Crippen LogP contribution >= 0.6 is 11.3 Å². The fourth-order valence-electron chi connectivity index (χ4n) is 3.97. The molecule has 4 aromatic carbocycles. The number of carbonyl (C=O) groups is 2. The Morgan fingerprint density at radius 1 is 0.811 bits per heavy atom. The number of phenols is 2. The average molecular weight is 510 g/mol. The van der Waals surface area contributed by atoms with E-state index >= 15 is 0 Å². The maximum Gasteiger partial charge on any atom is 0.258 e. The Bertz CT molecular complexity index is 1560. The molecule has 0 atom stereocenters. The van der Waals surface area contributed by atoms with Crippen molar-refractivity contribution in [3.63, 3.8) is 0 Å². The van der Waals surface area contributed by atoms with Crippen LogP contribution in [0.3, 0.4) is 0 Å². The van der Waals surface area contributed by atoms with E-state index in [0.29, 0.717) is 23.4 Å². The normalized spacial score (nSPS) is 10.8. The zero-order valence-corrected chi connectivity index (χ0v) is 20.5. The summed E-state index contributed by atoms with van der Waals surface area (Å²) in [5.41, 5.74) is 2.79. The minimum absolute atomic E-state index is 0.124. The highest BCUT2D eigenvalue weighted by molar-refractivity contribution is 7.22. The molecule has 7 heteroatoms. The van der Waals surface area contributed by atoms with E-state index in [-0.39, 0.29) is 29.8 Å². The molecule has 1 amide bonds. The number of hydrogen-bond acceptors (Lipinski definition) is 6. The summed E-state index contributed by atoms with van der Waals surface area (Å²) in [7, 11) is 0. The van der Waals surface area contributed by atoms with Crippen molar-refractivity contribution in [3.8, 4) is 27.7 Å². The summed E-state index contributed by atoms with van der Waals surface area (Å²) in [5.74, 6) is 0.326. The van der Waals surface area contributed by atoms with Crippen LogP contribution in [0.4, 0.5) is 0 Å². The first-order valence-electron chi connectivity index (χ1n) is 11.6. The number of hydrogen-bond donors (Lipinski definition) is 3. The number of ether oxygens (including phenoxy) is 1. The number of carbonyl (C=O) groups excluding carboxylic acids is 2. The van der Waals surface area contributed by atoms with Gasteiger partial charge in [0.2, 0.25) is 0 Å². The first-order valence-corrected chi connectivity index (χ1v) is 12.4. The number of rotatable bonds is 8. The van der Waals surface area contributed by atoms with Gasteiger partial charge in [-0.2, -0.15) is 0 Å². The molecule has 0 aliphatic rings. The topological polar surface area (TPSA) is 95.9 Å². The van der Waals surface area contributed by atoms with E-state index in [2.05, 4.69) is 5.32 Å². The van der Waals surface area contributed by atoms with Gasteiger partial charge in [0.25, 0.3) is 5.91 Å². The second-order valence-electron chi connectivity index (χ2n) is 8.44. The molecule has 0 unspecified atom stereocenters. The minimum atomic E-state index is -0.240. The van der Waals surface area contributed by atoms with Crippen molar-refractivity contribution in [2.24, 2.45) is 0 Å². The number of nitrogens with one attached hydrogen (secondary N) is 1. The molecular weight excluding hydrogens is 486 g/mol. The van der Waals surface area contributed by atoms with Crippen LogP contribution < -0.4 is 10.1 Å². The molecule has 0 fully saturated rings. The van der Waals surface area contributed by atoms with Gasteiger partial charge in [0.1, 0.15) is 17.2 Å². The first-order chi connectivity index (χ1) is 18.0. The van der Waals surface area contributed by atoms with Crippen LogP contribution in [0.15, 0.2) is 97.1 Å². The number of benzene rings is 4. The Kier molecular flexibility index (Phi) is 6.87. The second-order valence-corrected chi connectivity index (χ2v) is 9.49. The maximum atomic E-state index is 13.7. The Hall–Kier alpha value is -4.62. The van der Waals surface area contributed by atoms with Gasteiger partial charge < -0.3 is 20.3 Å². The highest BCUT2D eigenvalue weighted by Gasteiger charge is 2.22. The summed E-state index contributed by atoms with van der Waals surface area (Å²) in [6, 6.07) is 27.9. The van der Waals surface area contributed by atoms with Gasteiger partial charge in [0.15, 0.2) is 12.4 Å². The van der Waals surface area contributed by atoms with E-state index in [1.54, 1.807) is 66.7 Å². The molecule has 0 radical (unpaired) electrons. The third-order valence-electron chi connectivity index (χ3n) is 5.85. The fraction of sp³-hybridized carbons (Fsp3) is 0.0667. The van der Waals surface area contributed by atoms with Gasteiger partial charge in [-0.05, 0) is 77.9 Å². The van der Waals surface area contributed by atoms with Crippen LogP contribution in [0.25, 0.3) is 20.5 Å². The minimum Gasteiger partial charge on any atom is -0.508 e. The molecule has 37 heavy (non-hydrogen) atoms. The van der Waals surface area contributed by atoms with E-state index in [1.165, 1.54) is 11.3 Å². The second kappa shape index (κ2) is 10.6. The van der Waals surface area contributed by atoms with Gasteiger partial charge in [0, 0.05) is 32.6 Å². The molecule has 0 aliphatic carbocycles. The van der Waals surface area contributed by atoms with Crippen LogP contribution in [0.1, 0.15) is 21.5 Å². The van der Waals surface area contributed by atoms with E-state index in [4.69, 9.17) is 4.74 Å². The molecule has 0 saturated heterocycles. The lowest BCUT2D eigenvalue weighted by atomic mass is 9.97. The maximum absolute atomic E-state index is 13.7. The highest BCUT2D eigenvalue weighted by Crippen LogP contribution is 2.41. The quantitative estimate of drug-likeness (QED) is 0.226. The predicted molar refractivity (Wildman–Crippen MR) is 144 cm³/mol. The predicted octanol–water partition coefficient (Wildman–Crippen LogP) is 5.91. The van der Waals surface area contributed by atoms with Gasteiger partial charge in [-0.3, -0.25) is 9.59 Å². The molecule has 1 aromatic heterocycles. The standard InChI is InChI=1S/C30H23NO5S/c32-22-10-6-21(7-11-22)30-28(25-15-12-23(33)16-26(25)37-30)29(35)20-8-13-24(14-9-20)36-18-27(34)31-17-19-4-2-1-3-5-19/h1-16,32-33H,17-18H2,(H,31,34). The lowest BCUT2D eigenvalue weighted by molar-refractivity contribution is -0.123. The number of fused-ring (bicyclic) bond motifs is 1. The highest BCUT2D eigenvalue weighted by atomic mass is 32.1. The molecule has 1 heterocycles. The number of phenolic OH excluding ortho intramolecular Hbond substituents is 2. The molecule has 3 N–H and O–H groups in total. The molecule has 184 valence electrons. The Labute approximate surface area is 217 Å². The zero-order chi connectivity index (χ0) is 25.8. The van der Waals surface area contributed by atoms with E-state index in [1.807, 2.05) is 30.3 Å². The number of thiophene rings is 1. The molecule has 5 aromatic rings. The molecule has 0 bridgehead atoms. The van der Waals surface area contributed by atoms with E-state index < -0.39 is 0 Å². The van der Waals surface area contributed by atoms with Crippen molar-refractivity contribution in [3.05, 3.63) is 114 Å². The number of ketones is 1. The Morgan fingerprint density at radius 2 is 1.51 bits per heavy atom. The molecule has 5 rings (SSSR count). The Balaban J connectivity index is 1.33. The molecule has 0 saturated carbocycles. The summed E-state index contributed by atoms with van der Waals surface area (Å²) in [5, 5.41) is 23.2. The van der Waals surface area contributed by atoms with Crippen molar-refractivity contribution in [1.29, 1.82) is 0 Å². The van der Waals surface area contributed by atoms with Gasteiger partial charge in [0.05, 0.1) is 0 Å². The summed E-state index contributed by atoms with van der Waals surface area (Å²) in [4.78, 5) is 26.5. The lowest BCUT2D eigenvalue weighted by Crippen LogP contribution is -2.28. The summed E-state index contributed by atoms with van der Waals surface area (Å²) < 4.78 is 6.38. The molecule has 0 aliphatic heterocycles. The van der Waals surface area contributed by atoms with Crippen LogP contribution in [0.2, 0.25) is 0 Å². The molecule has 6 nitrogen and oxygen atoms in total. The lowest BCUT2D eigenvalue weighted by Gasteiger charge is -2.09. The smallest absolute Gasteiger partial charge is 0.258 e.